The van der Waals surface area contributed by atoms with Crippen molar-refractivity contribution in [2.24, 2.45) is 23.7 Å². The molecule has 2 aliphatic carbocycles. The number of allylic oxidation sites excluding steroid dienone is 4. The summed E-state index contributed by atoms with van der Waals surface area (Å²) in [6, 6.07) is 8.91. The maximum absolute atomic E-state index is 5.37. The Kier molecular flexibility index (Phi) is 18.1. The predicted octanol–water partition coefficient (Wildman–Crippen LogP) is 15.8. The molecule has 0 aliphatic heterocycles. The predicted molar refractivity (Wildman–Crippen MR) is 228 cm³/mol. The monoisotopic (exact) mass is 890 g/mol. The van der Waals surface area contributed by atoms with Crippen LogP contribution in [-0.2, 0) is 17.0 Å². The first-order valence-corrected chi connectivity index (χ1v) is 28.9. The molecule has 0 saturated heterocycles. The molecule has 2 aromatic carbocycles. The van der Waals surface area contributed by atoms with Crippen molar-refractivity contribution in [3.05, 3.63) is 90.2 Å². The van der Waals surface area contributed by atoms with Crippen molar-refractivity contribution in [1.29, 1.82) is 0 Å². The molecule has 0 heterocycles. The second-order valence-corrected chi connectivity index (χ2v) is 28.3. The number of hydrogen-bond donors (Lipinski definition) is 1. The zero-order valence-electron chi connectivity index (χ0n) is 32.7. The molecule has 270 valence electrons. The van der Waals surface area contributed by atoms with Crippen LogP contribution in [0.4, 0.5) is 11.4 Å². The van der Waals surface area contributed by atoms with Crippen molar-refractivity contribution in [3.63, 3.8) is 0 Å². The third-order valence-electron chi connectivity index (χ3n) is 11.4. The third-order valence-corrected chi connectivity index (χ3v) is 19.4. The molecule has 2 aliphatic rings. The van der Waals surface area contributed by atoms with Gasteiger partial charge in [-0.15, -0.1) is 5.69 Å². The van der Waals surface area contributed by atoms with Crippen LogP contribution < -0.4 is 4.98 Å². The molecule has 0 spiro atoms. The molecule has 4 unspecified atom stereocenters. The van der Waals surface area contributed by atoms with Gasteiger partial charge in [-0.05, 0) is 143 Å². The zero-order valence-corrected chi connectivity index (χ0v) is 41.0. The average Bonchev–Trinajstić information content (AvgIpc) is 3.27. The molecule has 4 rings (SSSR count). The Morgan fingerprint density at radius 1 is 0.667 bits per heavy atom. The van der Waals surface area contributed by atoms with E-state index in [0.717, 1.165) is 33.7 Å². The Hall–Kier alpha value is 0.208. The van der Waals surface area contributed by atoms with Gasteiger partial charge < -0.3 is 17.4 Å². The van der Waals surface area contributed by atoms with Gasteiger partial charge in [0.15, 0.2) is 8.24 Å². The van der Waals surface area contributed by atoms with E-state index >= 15 is 0 Å². The summed E-state index contributed by atoms with van der Waals surface area (Å²) in [7, 11) is 6.38. The fourth-order valence-electron chi connectivity index (χ4n) is 8.69. The number of aryl methyl sites for hydroxylation is 4. The normalized spacial score (nSPS) is 22.8. The standard InChI is InChI=1S/C19H31BrNSi.C19H28BrNSi.CH3.2ClH.Ti/c2*1-11-9-12(2)18(17(20)10-11)21-22(7,8)19-15(5)13(3)14(4)16(19)6;;;;/h9-10,13-16,19H,1-8H3;9-10,19,21H,1-8H3;1H3;2*1H;/q-1;;-1;;;+2/p-2. The van der Waals surface area contributed by atoms with E-state index < -0.39 is 33.5 Å². The SMILES string of the molecule is CC1=C(C)C([Si](C)(C)Nc2c(C)cc(C)cc2Br)C(C)=C1C.Cc1cc(C)c([N-][Si](C)(C)C2C(C)C(C)C(C)C2C)c(Br)c1.[CH3-].[Cl][Ti][Cl]. The van der Waals surface area contributed by atoms with E-state index in [-0.39, 0.29) is 7.43 Å². The van der Waals surface area contributed by atoms with Gasteiger partial charge in [-0.1, -0.05) is 104 Å². The van der Waals surface area contributed by atoms with Crippen LogP contribution in [0.25, 0.3) is 4.98 Å². The molecule has 48 heavy (non-hydrogen) atoms. The van der Waals surface area contributed by atoms with Crippen LogP contribution in [0.15, 0.2) is 55.5 Å². The molecule has 1 saturated carbocycles. The van der Waals surface area contributed by atoms with Crippen LogP contribution in [0.5, 0.6) is 0 Å². The van der Waals surface area contributed by atoms with E-state index in [9.17, 15) is 0 Å². The summed E-state index contributed by atoms with van der Waals surface area (Å²) in [5.74, 6) is 3.17. The van der Waals surface area contributed by atoms with Crippen molar-refractivity contribution in [3.8, 4) is 0 Å². The van der Waals surface area contributed by atoms with Gasteiger partial charge in [0.2, 0.25) is 0 Å². The average molecular weight is 894 g/mol. The number of nitrogens with one attached hydrogen (secondary N) is 1. The zero-order chi connectivity index (χ0) is 36.3. The molecule has 2 nitrogen and oxygen atoms in total. The van der Waals surface area contributed by atoms with Crippen LogP contribution in [0.1, 0.15) is 77.6 Å². The van der Waals surface area contributed by atoms with E-state index in [4.69, 9.17) is 23.6 Å². The molecule has 0 amide bonds. The fraction of sp³-hybridized carbons (Fsp3) is 0.564. The number of rotatable bonds is 6. The third kappa shape index (κ3) is 10.6. The van der Waals surface area contributed by atoms with Crippen molar-refractivity contribution in [2.75, 3.05) is 4.98 Å². The van der Waals surface area contributed by atoms with Crippen molar-refractivity contribution in [1.82, 2.24) is 0 Å². The van der Waals surface area contributed by atoms with Gasteiger partial charge in [0, 0.05) is 20.2 Å². The number of nitrogens with zero attached hydrogens (tertiary/aromatic N) is 1. The first-order valence-electron chi connectivity index (χ1n) is 16.9. The first-order chi connectivity index (χ1) is 21.5. The van der Waals surface area contributed by atoms with Crippen LogP contribution in [0.2, 0.25) is 37.3 Å². The van der Waals surface area contributed by atoms with Gasteiger partial charge in [-0.3, -0.25) is 0 Å². The minimum atomic E-state index is -1.71. The maximum atomic E-state index is 5.37. The van der Waals surface area contributed by atoms with Gasteiger partial charge in [-0.25, -0.2) is 0 Å². The summed E-state index contributed by atoms with van der Waals surface area (Å²) in [4.78, 5) is 9.32. The van der Waals surface area contributed by atoms with Crippen molar-refractivity contribution >= 4 is 78.3 Å². The molecule has 1 N–H and O–H groups in total. The van der Waals surface area contributed by atoms with Crippen molar-refractivity contribution in [2.45, 2.75) is 120 Å². The van der Waals surface area contributed by atoms with E-state index in [1.54, 1.807) is 11.1 Å². The summed E-state index contributed by atoms with van der Waals surface area (Å²) in [5.41, 5.74) is 15.1. The van der Waals surface area contributed by atoms with Gasteiger partial charge in [0.25, 0.3) is 0 Å². The van der Waals surface area contributed by atoms with Gasteiger partial charge >= 0.3 is 35.6 Å². The Morgan fingerprint density at radius 2 is 1.06 bits per heavy atom. The van der Waals surface area contributed by atoms with Gasteiger partial charge in [-0.2, -0.15) is 0 Å². The molecule has 2 aromatic rings. The summed E-state index contributed by atoms with van der Waals surface area (Å²) >= 11 is 6.93. The summed E-state index contributed by atoms with van der Waals surface area (Å²) in [6.45, 7) is 37.4. The Labute approximate surface area is 331 Å². The molecule has 0 aromatic heterocycles. The molecular formula is C39H62Br2Cl2N2Si2Ti-2. The Balaban J connectivity index is 0.000000435. The van der Waals surface area contributed by atoms with Crippen LogP contribution in [0, 0.1) is 58.8 Å². The Morgan fingerprint density at radius 3 is 1.46 bits per heavy atom. The van der Waals surface area contributed by atoms with Crippen LogP contribution in [0.3, 0.4) is 0 Å². The fourth-order valence-corrected chi connectivity index (χ4v) is 18.5. The van der Waals surface area contributed by atoms with Crippen LogP contribution in [-0.4, -0.2) is 16.5 Å². The van der Waals surface area contributed by atoms with Gasteiger partial charge in [0.05, 0.1) is 0 Å². The topological polar surface area (TPSA) is 26.1 Å². The van der Waals surface area contributed by atoms with E-state index in [1.807, 2.05) is 0 Å². The van der Waals surface area contributed by atoms with E-state index in [1.165, 1.54) is 49.2 Å². The molecule has 4 atom stereocenters. The molecular weight excluding hydrogens is 831 g/mol. The minimum absolute atomic E-state index is 0. The summed E-state index contributed by atoms with van der Waals surface area (Å²) in [6.07, 6.45) is 0. The molecule has 9 heteroatoms. The quantitative estimate of drug-likeness (QED) is 0.227. The second-order valence-electron chi connectivity index (χ2n) is 15.5. The van der Waals surface area contributed by atoms with Crippen molar-refractivity contribution < 1.29 is 17.0 Å². The van der Waals surface area contributed by atoms with Gasteiger partial charge in [0.1, 0.15) is 0 Å². The summed E-state index contributed by atoms with van der Waals surface area (Å²) < 4.78 is 2.34. The number of benzene rings is 2. The second kappa shape index (κ2) is 18.8. The molecule has 1 fully saturated rings. The molecule has 0 radical (unpaired) electrons. The summed E-state index contributed by atoms with van der Waals surface area (Å²) in [5, 5.41) is 0. The van der Waals surface area contributed by atoms with Crippen LogP contribution >= 0.6 is 50.5 Å². The van der Waals surface area contributed by atoms with E-state index in [0.29, 0.717) is 5.54 Å². The Bertz CT molecular complexity index is 1410. The first kappa shape index (κ1) is 46.2. The molecule has 0 bridgehead atoms. The number of anilines is 1. The van der Waals surface area contributed by atoms with E-state index in [2.05, 4.69) is 170 Å². The number of halogens is 4. The number of hydrogen-bond acceptors (Lipinski definition) is 1.